The Kier molecular flexibility index (Phi) is 7.69. The minimum atomic E-state index is -1.67. The molecule has 13 heteroatoms. The molecule has 5 aliphatic rings. The largest absolute Gasteiger partial charge is 0.460 e. The molecule has 0 radical (unpaired) electrons. The summed E-state index contributed by atoms with van der Waals surface area (Å²) in [5.41, 5.74) is 6.23. The van der Waals surface area contributed by atoms with Crippen LogP contribution < -0.4 is 10.8 Å². The molecular weight excluding hydrogens is 501 g/mol. The first-order valence-corrected chi connectivity index (χ1v) is 13.4. The van der Waals surface area contributed by atoms with Crippen LogP contribution in [0.2, 0.25) is 0 Å². The number of guanidine groups is 1. The summed E-state index contributed by atoms with van der Waals surface area (Å²) in [4.78, 5) is 33.0. The molecule has 4 N–H and O–H groups in total. The Morgan fingerprint density at radius 3 is 2.81 bits per heavy atom. The van der Waals surface area contributed by atoms with E-state index in [1.54, 1.807) is 12.9 Å². The van der Waals surface area contributed by atoms with Crippen LogP contribution in [-0.4, -0.2) is 70.9 Å². The number of carbonyl (C=O) groups excluding carboxylic acids is 2. The van der Waals surface area contributed by atoms with Gasteiger partial charge in [0.1, 0.15) is 31.3 Å². The van der Waals surface area contributed by atoms with Gasteiger partial charge in [0.05, 0.1) is 18.3 Å². The molecule has 3 saturated carbocycles. The lowest BCUT2D eigenvalue weighted by Crippen LogP contribution is -2.59. The van der Waals surface area contributed by atoms with Gasteiger partial charge in [-0.15, -0.1) is 0 Å². The first-order chi connectivity index (χ1) is 17.8. The van der Waals surface area contributed by atoms with E-state index in [9.17, 15) is 14.7 Å². The van der Waals surface area contributed by atoms with Crippen molar-refractivity contribution in [2.75, 3.05) is 6.61 Å². The topological polar surface area (TPSA) is 157 Å². The van der Waals surface area contributed by atoms with Crippen molar-refractivity contribution >= 4 is 32.7 Å². The van der Waals surface area contributed by atoms with Crippen LogP contribution in [-0.2, 0) is 34.7 Å². The molecule has 5 atom stereocenters. The summed E-state index contributed by atoms with van der Waals surface area (Å²) in [6, 6.07) is 8.78. The van der Waals surface area contributed by atoms with Crippen molar-refractivity contribution in [3.05, 3.63) is 41.7 Å². The van der Waals surface area contributed by atoms with Gasteiger partial charge < -0.3 is 29.4 Å². The molecule has 6 rings (SSSR count). The molecule has 2 bridgehead atoms. The lowest BCUT2D eigenvalue weighted by atomic mass is 9.52. The van der Waals surface area contributed by atoms with Crippen molar-refractivity contribution in [2.45, 2.75) is 69.3 Å². The van der Waals surface area contributed by atoms with Gasteiger partial charge in [-0.25, -0.2) is 14.9 Å². The number of hydrogen-bond donors (Lipinski definition) is 3. The van der Waals surface area contributed by atoms with Crippen LogP contribution in [0.1, 0.15) is 38.2 Å². The van der Waals surface area contributed by atoms with Crippen LogP contribution in [0.5, 0.6) is 0 Å². The van der Waals surface area contributed by atoms with E-state index in [4.69, 9.17) is 24.3 Å². The van der Waals surface area contributed by atoms with E-state index < -0.39 is 39.0 Å². The van der Waals surface area contributed by atoms with Gasteiger partial charge >= 0.3 is 5.97 Å². The molecule has 12 nitrogen and oxygen atoms in total. The number of esters is 1. The molecule has 0 aromatic heterocycles. The Labute approximate surface area is 215 Å². The van der Waals surface area contributed by atoms with Crippen LogP contribution in [0.15, 0.2) is 46.1 Å². The third-order valence-electron chi connectivity index (χ3n) is 6.88. The number of benzene rings is 1. The Balaban J connectivity index is 1.16. The zero-order chi connectivity index (χ0) is 26.0. The van der Waals surface area contributed by atoms with Crippen molar-refractivity contribution in [2.24, 2.45) is 21.6 Å². The molecular formula is C24H30N5O7P. The van der Waals surface area contributed by atoms with E-state index in [-0.39, 0.29) is 37.0 Å². The summed E-state index contributed by atoms with van der Waals surface area (Å²) in [5.74, 6) is 1.85. The van der Waals surface area contributed by atoms with E-state index in [1.807, 2.05) is 30.3 Å². The van der Waals surface area contributed by atoms with Crippen molar-refractivity contribution < 1.29 is 33.2 Å². The van der Waals surface area contributed by atoms with Crippen molar-refractivity contribution in [1.82, 2.24) is 9.99 Å². The Bertz CT molecular complexity index is 1090. The minimum absolute atomic E-state index is 0.0121. The summed E-state index contributed by atoms with van der Waals surface area (Å²) < 4.78 is 23.7. The molecule has 37 heavy (non-hydrogen) atoms. The molecule has 0 spiro atoms. The number of ether oxygens (including phenoxy) is 2. The number of nitrogens with one attached hydrogen (secondary N) is 1. The van der Waals surface area contributed by atoms with Crippen LogP contribution in [0.3, 0.4) is 0 Å². The number of rotatable bonds is 11. The van der Waals surface area contributed by atoms with Gasteiger partial charge in [-0.05, 0) is 37.7 Å². The lowest BCUT2D eigenvalue weighted by molar-refractivity contribution is -0.172. The predicted molar refractivity (Wildman–Crippen MR) is 133 cm³/mol. The zero-order valence-electron chi connectivity index (χ0n) is 20.4. The number of nitrogens with zero attached hydrogens (tertiary/aromatic N) is 3. The fourth-order valence-corrected chi connectivity index (χ4v) is 6.13. The standard InChI is InChI=1S/C24H30N5O7P/c1-15(22(32)33-12-16-5-3-2-4-6-16)28-37(36-24-8-17(9-24)10-24)34-13-19-18(31)7-21(35-19)29-14-26-23(25)27-20(29)11-30/h2-6,14-15,17-19,21,28,31H,7-10,12-13H2,1H3,(H2,25,27)/t15-,17?,18-,19+,21+,24?,37-/m0/s1. The highest BCUT2D eigenvalue weighted by Crippen LogP contribution is 2.63. The van der Waals surface area contributed by atoms with Crippen LogP contribution in [0.25, 0.3) is 0 Å². The van der Waals surface area contributed by atoms with E-state index in [1.165, 1.54) is 11.2 Å². The number of nitrogens with two attached hydrogens (primary N) is 1. The smallest absolute Gasteiger partial charge is 0.323 e. The predicted octanol–water partition coefficient (Wildman–Crippen LogP) is 1.33. The fourth-order valence-electron chi connectivity index (χ4n) is 4.68. The van der Waals surface area contributed by atoms with Crippen molar-refractivity contribution in [3.63, 3.8) is 0 Å². The zero-order valence-corrected chi connectivity index (χ0v) is 21.3. The third kappa shape index (κ3) is 5.91. The van der Waals surface area contributed by atoms with E-state index in [2.05, 4.69) is 15.1 Å². The monoisotopic (exact) mass is 531 g/mol. The van der Waals surface area contributed by atoms with Gasteiger partial charge in [0.2, 0.25) is 11.8 Å². The quantitative estimate of drug-likeness (QED) is 0.216. The second kappa shape index (κ2) is 11.0. The van der Waals surface area contributed by atoms with Crippen molar-refractivity contribution in [1.29, 1.82) is 0 Å². The second-order valence-corrected chi connectivity index (χ2v) is 10.9. The average molecular weight is 532 g/mol. The van der Waals surface area contributed by atoms with Gasteiger partial charge in [0.15, 0.2) is 5.94 Å². The van der Waals surface area contributed by atoms with Crippen LogP contribution in [0, 0.1) is 5.92 Å². The molecule has 1 aromatic rings. The summed E-state index contributed by atoms with van der Waals surface area (Å²) in [5, 5.41) is 13.7. The Morgan fingerprint density at radius 2 is 2.14 bits per heavy atom. The van der Waals surface area contributed by atoms with Gasteiger partial charge in [-0.3, -0.25) is 9.69 Å². The van der Waals surface area contributed by atoms with Gasteiger partial charge in [-0.1, -0.05) is 30.3 Å². The third-order valence-corrected chi connectivity index (χ3v) is 8.41. The van der Waals surface area contributed by atoms with Crippen LogP contribution >= 0.6 is 8.53 Å². The summed E-state index contributed by atoms with van der Waals surface area (Å²) >= 11 is 0. The second-order valence-electron chi connectivity index (χ2n) is 9.73. The summed E-state index contributed by atoms with van der Waals surface area (Å²) in [6.45, 7) is 1.88. The molecule has 0 amide bonds. The number of aliphatic hydroxyl groups is 1. The summed E-state index contributed by atoms with van der Waals surface area (Å²) in [6.07, 6.45) is 2.21. The first kappa shape index (κ1) is 25.9. The summed E-state index contributed by atoms with van der Waals surface area (Å²) in [7, 11) is -1.67. The molecule has 4 fully saturated rings. The highest BCUT2D eigenvalue weighted by molar-refractivity contribution is 7.45. The first-order valence-electron chi connectivity index (χ1n) is 12.2. The van der Waals surface area contributed by atoms with Gasteiger partial charge in [-0.2, -0.15) is 4.99 Å². The number of aliphatic imine (C=N–C) groups is 2. The maximum atomic E-state index is 12.6. The lowest BCUT2D eigenvalue weighted by Gasteiger charge is -2.61. The minimum Gasteiger partial charge on any atom is -0.460 e. The number of aliphatic hydroxyl groups excluding tert-OH is 1. The number of carbonyl (C=O) groups is 1. The molecule has 3 aliphatic carbocycles. The normalized spacial score (nSPS) is 31.6. The Hall–Kier alpha value is -2.69. The van der Waals surface area contributed by atoms with Gasteiger partial charge in [0.25, 0.3) is 8.53 Å². The fraction of sp³-hybridized carbons (Fsp3) is 0.542. The van der Waals surface area contributed by atoms with Crippen LogP contribution in [0.4, 0.5) is 0 Å². The van der Waals surface area contributed by atoms with E-state index in [0.29, 0.717) is 5.92 Å². The molecule has 1 saturated heterocycles. The highest BCUT2D eigenvalue weighted by atomic mass is 31.2. The molecule has 198 valence electrons. The number of hydrogen-bond acceptors (Lipinski definition) is 12. The Morgan fingerprint density at radius 1 is 1.38 bits per heavy atom. The van der Waals surface area contributed by atoms with E-state index in [0.717, 1.165) is 24.8 Å². The van der Waals surface area contributed by atoms with Crippen molar-refractivity contribution in [3.8, 4) is 0 Å². The van der Waals surface area contributed by atoms with Gasteiger partial charge in [0, 0.05) is 6.42 Å². The molecule has 2 heterocycles. The molecule has 0 unspecified atom stereocenters. The molecule has 1 aromatic carbocycles. The average Bonchev–Trinajstić information content (AvgIpc) is 3.22. The van der Waals surface area contributed by atoms with E-state index >= 15 is 0 Å². The SMILES string of the molecule is C[C@H](N[P@@](OC[C@H]1O[C@@H](N2C=NC(N)=NC2=C=O)C[C@@H]1O)OC12CC(C1)C2)C(=O)OCc1ccccc1. The maximum Gasteiger partial charge on any atom is 0.323 e. The highest BCUT2D eigenvalue weighted by Gasteiger charge is 2.59. The maximum absolute atomic E-state index is 12.6. The molecule has 2 aliphatic heterocycles.